The minimum Gasteiger partial charge on any atom is -0.457 e. The van der Waals surface area contributed by atoms with Crippen LogP contribution in [0.1, 0.15) is 26.7 Å². The van der Waals surface area contributed by atoms with Crippen LogP contribution in [0.5, 0.6) is 11.5 Å². The van der Waals surface area contributed by atoms with Gasteiger partial charge in [0.2, 0.25) is 5.91 Å². The molecular formula is C29H34N4O3. The number of benzene rings is 3. The number of hydrogen-bond acceptors (Lipinski definition) is 4. The number of hydrogen-bond donors (Lipinski definition) is 2. The van der Waals surface area contributed by atoms with Crippen molar-refractivity contribution in [2.75, 3.05) is 35.7 Å². The van der Waals surface area contributed by atoms with E-state index in [0.29, 0.717) is 29.5 Å². The third kappa shape index (κ3) is 6.78. The Morgan fingerprint density at radius 2 is 1.50 bits per heavy atom. The molecule has 4 rings (SSSR count). The monoisotopic (exact) mass is 486 g/mol. The maximum atomic E-state index is 12.5. The summed E-state index contributed by atoms with van der Waals surface area (Å²) in [6.07, 6.45) is 1.54. The Bertz CT molecular complexity index is 1150. The van der Waals surface area contributed by atoms with E-state index in [0.717, 1.165) is 30.9 Å². The predicted octanol–water partition coefficient (Wildman–Crippen LogP) is 6.21. The summed E-state index contributed by atoms with van der Waals surface area (Å²) in [4.78, 5) is 29.1. The normalized spacial score (nSPS) is 15.0. The molecule has 7 nitrogen and oxygen atoms in total. The lowest BCUT2D eigenvalue weighted by Gasteiger charge is -2.26. The van der Waals surface area contributed by atoms with Crippen molar-refractivity contribution in [1.29, 1.82) is 0 Å². The lowest BCUT2D eigenvalue weighted by molar-refractivity contribution is -0.132. The molecule has 1 aliphatic heterocycles. The van der Waals surface area contributed by atoms with E-state index in [-0.39, 0.29) is 18.0 Å². The number of likely N-dealkylation sites (N-methyl/N-ethyl adjacent to an activating group) is 1. The largest absolute Gasteiger partial charge is 0.457 e. The van der Waals surface area contributed by atoms with Crippen LogP contribution in [-0.2, 0) is 4.79 Å². The third-order valence-electron chi connectivity index (χ3n) is 6.27. The van der Waals surface area contributed by atoms with E-state index in [1.807, 2.05) is 78.7 Å². The second kappa shape index (κ2) is 11.6. The van der Waals surface area contributed by atoms with Gasteiger partial charge in [-0.3, -0.25) is 4.79 Å². The van der Waals surface area contributed by atoms with E-state index in [1.54, 1.807) is 12.1 Å². The summed E-state index contributed by atoms with van der Waals surface area (Å²) in [6.45, 7) is 5.86. The first-order valence-electron chi connectivity index (χ1n) is 12.4. The minimum absolute atomic E-state index is 0.209. The van der Waals surface area contributed by atoms with Crippen molar-refractivity contribution in [3.8, 4) is 11.5 Å². The summed E-state index contributed by atoms with van der Waals surface area (Å²) < 4.78 is 5.78. The summed E-state index contributed by atoms with van der Waals surface area (Å²) >= 11 is 0. The molecule has 1 heterocycles. The van der Waals surface area contributed by atoms with Gasteiger partial charge in [0.1, 0.15) is 11.5 Å². The number of urea groups is 1. The molecule has 1 aliphatic rings. The van der Waals surface area contributed by atoms with E-state index >= 15 is 0 Å². The number of amides is 3. The summed E-state index contributed by atoms with van der Waals surface area (Å²) in [5.41, 5.74) is 2.46. The molecule has 3 amide bonds. The van der Waals surface area contributed by atoms with Gasteiger partial charge in [-0.1, -0.05) is 32.0 Å². The maximum Gasteiger partial charge on any atom is 0.323 e. The Morgan fingerprint density at radius 3 is 2.11 bits per heavy atom. The summed E-state index contributed by atoms with van der Waals surface area (Å²) in [6, 6.07) is 24.5. The fourth-order valence-electron chi connectivity index (χ4n) is 4.27. The van der Waals surface area contributed by atoms with Crippen LogP contribution >= 0.6 is 0 Å². The molecule has 1 fully saturated rings. The summed E-state index contributed by atoms with van der Waals surface area (Å²) in [7, 11) is 1.91. The van der Waals surface area contributed by atoms with Crippen molar-refractivity contribution in [3.05, 3.63) is 78.9 Å². The van der Waals surface area contributed by atoms with Crippen molar-refractivity contribution in [2.24, 2.45) is 5.92 Å². The lowest BCUT2D eigenvalue weighted by Crippen LogP contribution is -2.39. The zero-order chi connectivity index (χ0) is 25.5. The molecule has 3 aromatic carbocycles. The molecule has 188 valence electrons. The number of para-hydroxylation sites is 1. The first-order valence-corrected chi connectivity index (χ1v) is 12.4. The highest BCUT2D eigenvalue weighted by atomic mass is 16.5. The molecule has 0 bridgehead atoms. The van der Waals surface area contributed by atoms with Gasteiger partial charge in [-0.05, 0) is 73.0 Å². The van der Waals surface area contributed by atoms with E-state index in [4.69, 9.17) is 4.74 Å². The minimum atomic E-state index is -0.314. The van der Waals surface area contributed by atoms with Crippen molar-refractivity contribution in [3.63, 3.8) is 0 Å². The average Bonchev–Trinajstić information content (AvgIpc) is 3.36. The van der Waals surface area contributed by atoms with E-state index in [2.05, 4.69) is 29.4 Å². The number of carbonyl (C=O) groups excluding carboxylic acids is 2. The van der Waals surface area contributed by atoms with Gasteiger partial charge in [-0.2, -0.15) is 0 Å². The summed E-state index contributed by atoms with van der Waals surface area (Å²) in [5, 5.41) is 5.71. The predicted molar refractivity (Wildman–Crippen MR) is 145 cm³/mol. The fraction of sp³-hybridized carbons (Fsp3) is 0.310. The maximum absolute atomic E-state index is 12.5. The highest BCUT2D eigenvalue weighted by Gasteiger charge is 2.28. The third-order valence-corrected chi connectivity index (χ3v) is 6.27. The van der Waals surface area contributed by atoms with Crippen molar-refractivity contribution < 1.29 is 14.3 Å². The molecule has 3 aromatic rings. The number of rotatable bonds is 8. The number of nitrogens with zero attached hydrogens (tertiary/aromatic N) is 2. The fourth-order valence-corrected chi connectivity index (χ4v) is 4.27. The van der Waals surface area contributed by atoms with E-state index in [9.17, 15) is 9.59 Å². The van der Waals surface area contributed by atoms with Crippen molar-refractivity contribution in [1.82, 2.24) is 4.90 Å². The second-order valence-corrected chi connectivity index (χ2v) is 9.56. The van der Waals surface area contributed by atoms with Crippen LogP contribution in [0.25, 0.3) is 0 Å². The molecule has 1 unspecified atom stereocenters. The van der Waals surface area contributed by atoms with Gasteiger partial charge in [-0.15, -0.1) is 0 Å². The first kappa shape index (κ1) is 25.1. The molecule has 2 N–H and O–H groups in total. The molecule has 0 aromatic heterocycles. The van der Waals surface area contributed by atoms with Crippen LogP contribution in [0.4, 0.5) is 21.9 Å². The molecular weight excluding hydrogens is 452 g/mol. The van der Waals surface area contributed by atoms with Gasteiger partial charge < -0.3 is 25.2 Å². The van der Waals surface area contributed by atoms with Crippen LogP contribution in [-0.4, -0.2) is 43.0 Å². The van der Waals surface area contributed by atoms with E-state index in [1.165, 1.54) is 0 Å². The van der Waals surface area contributed by atoms with Crippen LogP contribution < -0.4 is 20.3 Å². The number of anilines is 3. The Kier molecular flexibility index (Phi) is 8.10. The molecule has 0 radical (unpaired) electrons. The Labute approximate surface area is 213 Å². The Balaban J connectivity index is 1.26. The number of carbonyl (C=O) groups is 2. The van der Waals surface area contributed by atoms with Crippen LogP contribution in [0.3, 0.4) is 0 Å². The Morgan fingerprint density at radius 1 is 0.917 bits per heavy atom. The smallest absolute Gasteiger partial charge is 0.323 e. The zero-order valence-electron chi connectivity index (χ0n) is 21.1. The van der Waals surface area contributed by atoms with Crippen LogP contribution in [0, 0.1) is 5.92 Å². The first-order chi connectivity index (χ1) is 17.4. The second-order valence-electron chi connectivity index (χ2n) is 9.56. The van der Waals surface area contributed by atoms with Gasteiger partial charge in [-0.25, -0.2) is 4.79 Å². The molecule has 0 spiro atoms. The highest BCUT2D eigenvalue weighted by Crippen LogP contribution is 2.26. The summed E-state index contributed by atoms with van der Waals surface area (Å²) in [5.74, 6) is 2.03. The SMILES string of the molecule is CC(C)CC(=O)N(C)C1CCN(c2ccc(NC(=O)Nc3ccc(Oc4ccccc4)cc3)cc2)C1. The van der Waals surface area contributed by atoms with Crippen molar-refractivity contribution in [2.45, 2.75) is 32.7 Å². The Hall–Kier alpha value is -4.00. The topological polar surface area (TPSA) is 73.9 Å². The lowest BCUT2D eigenvalue weighted by atomic mass is 10.1. The van der Waals surface area contributed by atoms with Crippen LogP contribution in [0.15, 0.2) is 78.9 Å². The van der Waals surface area contributed by atoms with Gasteiger partial charge in [0.05, 0.1) is 6.04 Å². The number of ether oxygens (including phenoxy) is 1. The van der Waals surface area contributed by atoms with E-state index < -0.39 is 0 Å². The quantitative estimate of drug-likeness (QED) is 0.397. The number of nitrogens with one attached hydrogen (secondary N) is 2. The standard InChI is InChI=1S/C29H34N4O3/c1-21(2)19-28(34)32(3)25-17-18-33(20-25)24-13-9-22(10-14-24)30-29(35)31-23-11-15-27(16-12-23)36-26-7-5-4-6-8-26/h4-16,21,25H,17-20H2,1-3H3,(H2,30,31,35). The molecule has 1 atom stereocenters. The van der Waals surface area contributed by atoms with Gasteiger partial charge in [0, 0.05) is 43.6 Å². The molecule has 0 aliphatic carbocycles. The van der Waals surface area contributed by atoms with Crippen LogP contribution in [0.2, 0.25) is 0 Å². The molecule has 0 saturated carbocycles. The van der Waals surface area contributed by atoms with Crippen molar-refractivity contribution >= 4 is 29.0 Å². The van der Waals surface area contributed by atoms with Gasteiger partial charge >= 0.3 is 6.03 Å². The zero-order valence-corrected chi connectivity index (χ0v) is 21.1. The highest BCUT2D eigenvalue weighted by molar-refractivity contribution is 5.99. The van der Waals surface area contributed by atoms with Gasteiger partial charge in [0.25, 0.3) is 0 Å². The molecule has 36 heavy (non-hydrogen) atoms. The molecule has 1 saturated heterocycles. The molecule has 7 heteroatoms. The van der Waals surface area contributed by atoms with Gasteiger partial charge in [0.15, 0.2) is 0 Å². The average molecular weight is 487 g/mol.